The molecule has 0 saturated carbocycles. The number of carbonyl (C=O) groups excluding carboxylic acids is 3. The van der Waals surface area contributed by atoms with E-state index >= 15 is 0 Å². The summed E-state index contributed by atoms with van der Waals surface area (Å²) in [5.41, 5.74) is 1.97. The second-order valence-corrected chi connectivity index (χ2v) is 11.5. The van der Waals surface area contributed by atoms with Gasteiger partial charge in [0.15, 0.2) is 22.9 Å². The van der Waals surface area contributed by atoms with Crippen molar-refractivity contribution in [3.8, 4) is 0 Å². The standard InChI is InChI=1S/C28H26N2O5S/c1-28(2)23(27(33)35-22(18-12-6-3-7-13-18)19-14-8-4-9-15-19)30-25(32)21(26(30)36(28)34)29-24(31)20-16-10-5-11-17-20/h3-17,21-23,26H,1-2H3,(H,29,31)/t21-,23-,26+,36+/m0/s1. The van der Waals surface area contributed by atoms with Gasteiger partial charge >= 0.3 is 5.97 Å². The van der Waals surface area contributed by atoms with Gasteiger partial charge in [0.25, 0.3) is 11.8 Å². The Balaban J connectivity index is 1.39. The van der Waals surface area contributed by atoms with Crippen LogP contribution in [-0.4, -0.2) is 49.4 Å². The zero-order chi connectivity index (χ0) is 25.4. The molecule has 1 N–H and O–H groups in total. The maximum atomic E-state index is 13.6. The molecule has 7 nitrogen and oxygen atoms in total. The maximum Gasteiger partial charge on any atom is 0.335 e. The Morgan fingerprint density at radius 2 is 1.42 bits per heavy atom. The number of hydrogen-bond donors (Lipinski definition) is 1. The van der Waals surface area contributed by atoms with Crippen molar-refractivity contribution >= 4 is 29.0 Å². The molecule has 0 radical (unpaired) electrons. The van der Waals surface area contributed by atoms with E-state index in [0.717, 1.165) is 11.1 Å². The fourth-order valence-electron chi connectivity index (χ4n) is 4.85. The van der Waals surface area contributed by atoms with Gasteiger partial charge in [0.05, 0.1) is 0 Å². The summed E-state index contributed by atoms with van der Waals surface area (Å²) in [6.45, 7) is 3.38. The molecule has 2 fully saturated rings. The molecule has 5 rings (SSSR count). The van der Waals surface area contributed by atoms with Crippen molar-refractivity contribution in [1.29, 1.82) is 0 Å². The van der Waals surface area contributed by atoms with Crippen molar-refractivity contribution in [2.75, 3.05) is 0 Å². The molecule has 3 aromatic carbocycles. The van der Waals surface area contributed by atoms with Gasteiger partial charge in [0.1, 0.15) is 0 Å². The van der Waals surface area contributed by atoms with E-state index in [4.69, 9.17) is 4.74 Å². The van der Waals surface area contributed by atoms with Crippen molar-refractivity contribution < 1.29 is 23.7 Å². The second kappa shape index (κ2) is 9.44. The SMILES string of the molecule is CC1(C)[C@H](C(=O)OC(c2ccccc2)c2ccccc2)N2C(=O)[C@H](NC(=O)c3ccccc3)[C@H]2[S@@+]1[O-]. The van der Waals surface area contributed by atoms with Crippen molar-refractivity contribution in [2.45, 2.75) is 42.2 Å². The van der Waals surface area contributed by atoms with Crippen molar-refractivity contribution in [2.24, 2.45) is 0 Å². The van der Waals surface area contributed by atoms with Crippen LogP contribution in [0.1, 0.15) is 41.4 Å². The average molecular weight is 503 g/mol. The number of carbonyl (C=O) groups is 3. The Kier molecular flexibility index (Phi) is 6.32. The van der Waals surface area contributed by atoms with E-state index in [1.54, 1.807) is 44.2 Å². The molecule has 3 aromatic rings. The smallest absolute Gasteiger partial charge is 0.335 e. The summed E-state index contributed by atoms with van der Waals surface area (Å²) in [6, 6.07) is 25.2. The Labute approximate surface area is 212 Å². The highest BCUT2D eigenvalue weighted by atomic mass is 32.2. The number of nitrogens with zero attached hydrogens (tertiary/aromatic N) is 1. The number of nitrogens with one attached hydrogen (secondary N) is 1. The third-order valence-corrected chi connectivity index (χ3v) is 8.94. The van der Waals surface area contributed by atoms with Crippen LogP contribution in [0.5, 0.6) is 0 Å². The molecule has 0 aliphatic carbocycles. The summed E-state index contributed by atoms with van der Waals surface area (Å²) in [5.74, 6) is -1.50. The molecule has 0 unspecified atom stereocenters. The summed E-state index contributed by atoms with van der Waals surface area (Å²) in [7, 11) is 0. The number of amides is 2. The minimum atomic E-state index is -1.61. The van der Waals surface area contributed by atoms with E-state index < -0.39 is 57.3 Å². The number of rotatable bonds is 6. The first kappa shape index (κ1) is 24.1. The highest BCUT2D eigenvalue weighted by Crippen LogP contribution is 2.47. The lowest BCUT2D eigenvalue weighted by Gasteiger charge is -2.41. The van der Waals surface area contributed by atoms with Gasteiger partial charge in [0, 0.05) is 5.56 Å². The lowest BCUT2D eigenvalue weighted by molar-refractivity contribution is -0.166. The third-order valence-electron chi connectivity index (χ3n) is 6.74. The van der Waals surface area contributed by atoms with Gasteiger partial charge in [-0.3, -0.25) is 14.5 Å². The highest BCUT2D eigenvalue weighted by Gasteiger charge is 2.73. The summed E-state index contributed by atoms with van der Waals surface area (Å²) in [6.07, 6.45) is -0.687. The molecule has 4 atom stereocenters. The molecular formula is C28H26N2O5S. The number of fused-ring (bicyclic) bond motifs is 1. The summed E-state index contributed by atoms with van der Waals surface area (Å²) in [4.78, 5) is 40.7. The summed E-state index contributed by atoms with van der Waals surface area (Å²) in [5, 5.41) is 1.90. The van der Waals surface area contributed by atoms with Crippen molar-refractivity contribution in [1.82, 2.24) is 10.2 Å². The first-order chi connectivity index (χ1) is 17.3. The first-order valence-electron chi connectivity index (χ1n) is 11.7. The van der Waals surface area contributed by atoms with E-state index in [0.29, 0.717) is 5.56 Å². The molecule has 0 aromatic heterocycles. The molecule has 8 heteroatoms. The highest BCUT2D eigenvalue weighted by molar-refractivity contribution is 7.94. The van der Waals surface area contributed by atoms with Gasteiger partial charge in [-0.15, -0.1) is 0 Å². The van der Waals surface area contributed by atoms with Crippen molar-refractivity contribution in [3.05, 3.63) is 108 Å². The zero-order valence-electron chi connectivity index (χ0n) is 19.9. The predicted octanol–water partition coefficient (Wildman–Crippen LogP) is 3.20. The van der Waals surface area contributed by atoms with E-state index in [2.05, 4.69) is 5.32 Å². The normalized spacial score (nSPS) is 24.1. The van der Waals surface area contributed by atoms with Crippen LogP contribution < -0.4 is 5.32 Å². The van der Waals surface area contributed by atoms with Crippen LogP contribution in [0.25, 0.3) is 0 Å². The molecule has 2 heterocycles. The quantitative estimate of drug-likeness (QED) is 0.317. The molecular weight excluding hydrogens is 476 g/mol. The van der Waals surface area contributed by atoms with Crippen LogP contribution >= 0.6 is 0 Å². The van der Waals surface area contributed by atoms with Gasteiger partial charge in [-0.05, 0) is 48.3 Å². The van der Waals surface area contributed by atoms with E-state index in [1.165, 1.54) is 4.90 Å². The Bertz CT molecular complexity index is 1230. The molecule has 2 amide bonds. The molecule has 36 heavy (non-hydrogen) atoms. The van der Waals surface area contributed by atoms with Crippen LogP contribution in [0.4, 0.5) is 0 Å². The van der Waals surface area contributed by atoms with Crippen LogP contribution in [0.15, 0.2) is 91.0 Å². The molecule has 2 aliphatic heterocycles. The third kappa shape index (κ3) is 4.06. The number of ether oxygens (including phenoxy) is 1. The summed E-state index contributed by atoms with van der Waals surface area (Å²) < 4.78 is 18.4. The molecule has 0 bridgehead atoms. The van der Waals surface area contributed by atoms with Crippen molar-refractivity contribution in [3.63, 3.8) is 0 Å². The lowest BCUT2D eigenvalue weighted by atomic mass is 9.95. The Hall–Kier alpha value is -3.62. The molecule has 0 spiro atoms. The van der Waals surface area contributed by atoms with Gasteiger partial charge in [-0.25, -0.2) is 4.79 Å². The molecule has 2 aliphatic rings. The van der Waals surface area contributed by atoms with Crippen LogP contribution in [0.2, 0.25) is 0 Å². The van der Waals surface area contributed by atoms with Crippen LogP contribution in [0.3, 0.4) is 0 Å². The van der Waals surface area contributed by atoms with E-state index in [1.807, 2.05) is 60.7 Å². The fourth-order valence-corrected chi connectivity index (χ4v) is 6.77. The number of β-lactam (4-membered cyclic amide) rings is 1. The lowest BCUT2D eigenvalue weighted by Crippen LogP contribution is -2.72. The van der Waals surface area contributed by atoms with Crippen LogP contribution in [0, 0.1) is 0 Å². The maximum absolute atomic E-state index is 13.6. The Morgan fingerprint density at radius 1 is 0.917 bits per heavy atom. The largest absolute Gasteiger partial charge is 0.614 e. The van der Waals surface area contributed by atoms with Crippen LogP contribution in [-0.2, 0) is 25.5 Å². The van der Waals surface area contributed by atoms with Gasteiger partial charge in [0.2, 0.25) is 5.37 Å². The fraction of sp³-hybridized carbons (Fsp3) is 0.250. The average Bonchev–Trinajstić information content (AvgIpc) is 3.10. The molecule has 184 valence electrons. The molecule has 2 saturated heterocycles. The number of hydrogen-bond acceptors (Lipinski definition) is 5. The monoisotopic (exact) mass is 502 g/mol. The zero-order valence-corrected chi connectivity index (χ0v) is 20.7. The summed E-state index contributed by atoms with van der Waals surface area (Å²) >= 11 is -1.61. The van der Waals surface area contributed by atoms with E-state index in [9.17, 15) is 18.9 Å². The predicted molar refractivity (Wildman–Crippen MR) is 135 cm³/mol. The minimum absolute atomic E-state index is 0.399. The first-order valence-corrected chi connectivity index (χ1v) is 12.9. The van der Waals surface area contributed by atoms with E-state index in [-0.39, 0.29) is 0 Å². The van der Waals surface area contributed by atoms with Gasteiger partial charge in [-0.2, -0.15) is 0 Å². The minimum Gasteiger partial charge on any atom is -0.614 e. The second-order valence-electron chi connectivity index (χ2n) is 9.39. The number of benzene rings is 3. The topological polar surface area (TPSA) is 98.8 Å². The number of esters is 1. The Morgan fingerprint density at radius 3 is 1.94 bits per heavy atom. The van der Waals surface area contributed by atoms with Gasteiger partial charge in [-0.1, -0.05) is 78.9 Å². The van der Waals surface area contributed by atoms with Gasteiger partial charge < -0.3 is 14.6 Å².